The van der Waals surface area contributed by atoms with Crippen molar-refractivity contribution in [1.29, 1.82) is 0 Å². The first-order valence-corrected chi connectivity index (χ1v) is 6.70. The van der Waals surface area contributed by atoms with E-state index in [0.29, 0.717) is 10.7 Å². The van der Waals surface area contributed by atoms with E-state index in [-0.39, 0.29) is 18.5 Å². The Balaban J connectivity index is 2.03. The van der Waals surface area contributed by atoms with Crippen LogP contribution in [0.3, 0.4) is 0 Å². The monoisotopic (exact) mass is 305 g/mol. The number of carbonyl (C=O) groups is 1. The van der Waals surface area contributed by atoms with Crippen molar-refractivity contribution in [1.82, 2.24) is 4.98 Å². The number of nitrogens with zero attached hydrogens (tertiary/aromatic N) is 1. The molecule has 1 atom stereocenters. The Hall–Kier alpha value is -2.11. The van der Waals surface area contributed by atoms with Gasteiger partial charge in [-0.2, -0.15) is 0 Å². The second kappa shape index (κ2) is 5.35. The standard InChI is InChI=1S/C15H12ClNO4/c1-8-13(21-15(18)19)12-7-20-14(11(12)6-17-8)9-2-4-10(16)5-3-9/h2-6,14H,7H2,1H3,(H,18,19)/t14-/m0/s1. The number of benzene rings is 1. The summed E-state index contributed by atoms with van der Waals surface area (Å²) in [6, 6.07) is 7.32. The van der Waals surface area contributed by atoms with Crippen LogP contribution in [0.4, 0.5) is 4.79 Å². The molecule has 0 bridgehead atoms. The van der Waals surface area contributed by atoms with Gasteiger partial charge in [0.05, 0.1) is 12.3 Å². The SMILES string of the molecule is Cc1ncc2c(c1OC(=O)O)CO[C@H]2c1ccc(Cl)cc1. The molecule has 108 valence electrons. The van der Waals surface area contributed by atoms with Gasteiger partial charge in [0.25, 0.3) is 0 Å². The topological polar surface area (TPSA) is 68.7 Å². The molecule has 6 heteroatoms. The number of aromatic nitrogens is 1. The number of hydrogen-bond acceptors (Lipinski definition) is 4. The van der Waals surface area contributed by atoms with Gasteiger partial charge in [-0.3, -0.25) is 4.98 Å². The molecule has 0 spiro atoms. The molecule has 21 heavy (non-hydrogen) atoms. The van der Waals surface area contributed by atoms with Crippen molar-refractivity contribution in [3.05, 3.63) is 57.9 Å². The van der Waals surface area contributed by atoms with Gasteiger partial charge in [0.2, 0.25) is 0 Å². The molecule has 0 radical (unpaired) electrons. The Morgan fingerprint density at radius 1 is 1.43 bits per heavy atom. The van der Waals surface area contributed by atoms with Gasteiger partial charge >= 0.3 is 6.16 Å². The maximum Gasteiger partial charge on any atom is 0.511 e. The van der Waals surface area contributed by atoms with Gasteiger partial charge in [-0.1, -0.05) is 23.7 Å². The van der Waals surface area contributed by atoms with Gasteiger partial charge < -0.3 is 14.6 Å². The van der Waals surface area contributed by atoms with Gasteiger partial charge in [0.15, 0.2) is 5.75 Å². The van der Waals surface area contributed by atoms with Gasteiger partial charge in [-0.05, 0) is 24.6 Å². The van der Waals surface area contributed by atoms with E-state index in [0.717, 1.165) is 16.7 Å². The predicted octanol–water partition coefficient (Wildman–Crippen LogP) is 3.72. The molecule has 1 N–H and O–H groups in total. The average molecular weight is 306 g/mol. The first kappa shape index (κ1) is 13.9. The summed E-state index contributed by atoms with van der Waals surface area (Å²) in [5, 5.41) is 9.48. The zero-order chi connectivity index (χ0) is 15.0. The van der Waals surface area contributed by atoms with Crippen molar-refractivity contribution in [2.75, 3.05) is 0 Å². The van der Waals surface area contributed by atoms with Crippen molar-refractivity contribution < 1.29 is 19.4 Å². The molecule has 1 aromatic heterocycles. The Kier molecular flexibility index (Phi) is 3.53. The zero-order valence-electron chi connectivity index (χ0n) is 11.2. The first-order valence-electron chi connectivity index (χ1n) is 6.32. The second-order valence-electron chi connectivity index (χ2n) is 4.72. The molecule has 1 aliphatic rings. The quantitative estimate of drug-likeness (QED) is 0.856. The molecular weight excluding hydrogens is 294 g/mol. The molecule has 2 heterocycles. The van der Waals surface area contributed by atoms with Crippen LogP contribution in [-0.2, 0) is 11.3 Å². The second-order valence-corrected chi connectivity index (χ2v) is 5.15. The van der Waals surface area contributed by atoms with E-state index >= 15 is 0 Å². The van der Waals surface area contributed by atoms with Crippen LogP contribution in [0.1, 0.15) is 28.5 Å². The minimum atomic E-state index is -1.36. The molecule has 2 aromatic rings. The number of rotatable bonds is 2. The van der Waals surface area contributed by atoms with E-state index in [1.807, 2.05) is 12.1 Å². The molecule has 1 aromatic carbocycles. The molecule has 0 unspecified atom stereocenters. The molecule has 3 rings (SSSR count). The highest BCUT2D eigenvalue weighted by molar-refractivity contribution is 6.30. The van der Waals surface area contributed by atoms with Gasteiger partial charge in [-0.25, -0.2) is 4.79 Å². The lowest BCUT2D eigenvalue weighted by atomic mass is 10.0. The fourth-order valence-corrected chi connectivity index (χ4v) is 2.55. The van der Waals surface area contributed by atoms with Crippen molar-refractivity contribution >= 4 is 17.8 Å². The number of aryl methyl sites for hydroxylation is 1. The van der Waals surface area contributed by atoms with Crippen LogP contribution in [0, 0.1) is 6.92 Å². The van der Waals surface area contributed by atoms with Crippen LogP contribution in [0.5, 0.6) is 5.75 Å². The molecule has 0 saturated heterocycles. The van der Waals surface area contributed by atoms with E-state index in [4.69, 9.17) is 26.2 Å². The molecule has 0 saturated carbocycles. The number of fused-ring (bicyclic) bond motifs is 1. The van der Waals surface area contributed by atoms with E-state index in [1.54, 1.807) is 25.3 Å². The summed E-state index contributed by atoms with van der Waals surface area (Å²) in [5.74, 6) is 0.261. The third kappa shape index (κ3) is 2.57. The number of hydrogen-bond donors (Lipinski definition) is 1. The number of ether oxygens (including phenoxy) is 2. The van der Waals surface area contributed by atoms with Gasteiger partial charge in [0, 0.05) is 22.3 Å². The minimum Gasteiger partial charge on any atom is -0.449 e. The van der Waals surface area contributed by atoms with Crippen LogP contribution in [-0.4, -0.2) is 16.2 Å². The molecule has 5 nitrogen and oxygen atoms in total. The fraction of sp³-hybridized carbons (Fsp3) is 0.200. The van der Waals surface area contributed by atoms with E-state index in [2.05, 4.69) is 4.98 Å². The fourth-order valence-electron chi connectivity index (χ4n) is 2.42. The van der Waals surface area contributed by atoms with Crippen LogP contribution in [0.2, 0.25) is 5.02 Å². The largest absolute Gasteiger partial charge is 0.511 e. The normalized spacial score (nSPS) is 16.6. The minimum absolute atomic E-state index is 0.261. The summed E-state index contributed by atoms with van der Waals surface area (Å²) in [6.45, 7) is 1.99. The molecule has 1 aliphatic heterocycles. The van der Waals surface area contributed by atoms with Crippen LogP contribution >= 0.6 is 11.6 Å². The van der Waals surface area contributed by atoms with Crippen molar-refractivity contribution in [2.45, 2.75) is 19.6 Å². The maximum absolute atomic E-state index is 10.8. The lowest BCUT2D eigenvalue weighted by Crippen LogP contribution is -2.08. The van der Waals surface area contributed by atoms with E-state index < -0.39 is 6.16 Å². The van der Waals surface area contributed by atoms with E-state index in [9.17, 15) is 4.79 Å². The lowest BCUT2D eigenvalue weighted by molar-refractivity contribution is 0.0927. The highest BCUT2D eigenvalue weighted by Gasteiger charge is 2.30. The maximum atomic E-state index is 10.8. The van der Waals surface area contributed by atoms with Crippen molar-refractivity contribution in [3.8, 4) is 5.75 Å². The lowest BCUT2D eigenvalue weighted by Gasteiger charge is -2.12. The van der Waals surface area contributed by atoms with Crippen LogP contribution in [0.25, 0.3) is 0 Å². The Bertz CT molecular complexity index is 700. The summed E-state index contributed by atoms with van der Waals surface area (Å²) >= 11 is 5.88. The van der Waals surface area contributed by atoms with Gasteiger partial charge in [-0.15, -0.1) is 0 Å². The summed E-state index contributed by atoms with van der Waals surface area (Å²) in [4.78, 5) is 15.0. The van der Waals surface area contributed by atoms with Crippen LogP contribution < -0.4 is 4.74 Å². The summed E-state index contributed by atoms with van der Waals surface area (Å²) in [7, 11) is 0. The molecule has 0 amide bonds. The Labute approximate surface area is 126 Å². The van der Waals surface area contributed by atoms with Crippen molar-refractivity contribution in [2.24, 2.45) is 0 Å². The number of halogens is 1. The highest BCUT2D eigenvalue weighted by atomic mass is 35.5. The Morgan fingerprint density at radius 3 is 2.81 bits per heavy atom. The number of pyridine rings is 1. The number of carboxylic acid groups (broad SMARTS) is 1. The highest BCUT2D eigenvalue weighted by Crippen LogP contribution is 2.40. The third-order valence-electron chi connectivity index (χ3n) is 3.39. The molecule has 0 aliphatic carbocycles. The Morgan fingerprint density at radius 2 is 2.14 bits per heavy atom. The predicted molar refractivity (Wildman–Crippen MR) is 75.7 cm³/mol. The summed E-state index contributed by atoms with van der Waals surface area (Å²) in [6.07, 6.45) is 0.0517. The van der Waals surface area contributed by atoms with Crippen molar-refractivity contribution in [3.63, 3.8) is 0 Å². The zero-order valence-corrected chi connectivity index (χ0v) is 11.9. The van der Waals surface area contributed by atoms with E-state index in [1.165, 1.54) is 0 Å². The molecular formula is C15H12ClNO4. The third-order valence-corrected chi connectivity index (χ3v) is 3.64. The average Bonchev–Trinajstić information content (AvgIpc) is 2.87. The summed E-state index contributed by atoms with van der Waals surface area (Å²) in [5.41, 5.74) is 3.01. The smallest absolute Gasteiger partial charge is 0.449 e. The molecule has 0 fully saturated rings. The van der Waals surface area contributed by atoms with Crippen LogP contribution in [0.15, 0.2) is 30.5 Å². The summed E-state index contributed by atoms with van der Waals surface area (Å²) < 4.78 is 10.6. The first-order chi connectivity index (χ1) is 10.1. The van der Waals surface area contributed by atoms with Gasteiger partial charge in [0.1, 0.15) is 6.10 Å².